The van der Waals surface area contributed by atoms with Crippen LogP contribution in [0.15, 0.2) is 6.07 Å². The van der Waals surface area contributed by atoms with Gasteiger partial charge in [0.1, 0.15) is 5.69 Å². The van der Waals surface area contributed by atoms with Gasteiger partial charge in [-0.1, -0.05) is 13.8 Å². The van der Waals surface area contributed by atoms with Gasteiger partial charge in [-0.15, -0.1) is 0 Å². The monoisotopic (exact) mass is 251 g/mol. The zero-order chi connectivity index (χ0) is 13.3. The molecule has 1 aliphatic rings. The van der Waals surface area contributed by atoms with E-state index in [1.54, 1.807) is 9.58 Å². The molecule has 1 saturated heterocycles. The number of aliphatic hydroxyl groups is 1. The Hall–Kier alpha value is -1.36. The normalized spacial score (nSPS) is 16.2. The second kappa shape index (κ2) is 5.10. The first kappa shape index (κ1) is 13.1. The van der Waals surface area contributed by atoms with Crippen LogP contribution in [-0.2, 0) is 13.0 Å². The van der Waals surface area contributed by atoms with Crippen molar-refractivity contribution in [1.82, 2.24) is 14.7 Å². The molecule has 2 rings (SSSR count). The van der Waals surface area contributed by atoms with Crippen molar-refractivity contribution in [3.63, 3.8) is 0 Å². The molecule has 1 aliphatic heterocycles. The summed E-state index contributed by atoms with van der Waals surface area (Å²) in [6.45, 7) is 7.82. The average molecular weight is 251 g/mol. The lowest BCUT2D eigenvalue weighted by molar-refractivity contribution is 0.00510. The van der Waals surface area contributed by atoms with Gasteiger partial charge in [0.05, 0.1) is 11.8 Å². The van der Waals surface area contributed by atoms with E-state index < -0.39 is 0 Å². The van der Waals surface area contributed by atoms with E-state index in [1.807, 2.05) is 13.0 Å². The van der Waals surface area contributed by atoms with Gasteiger partial charge >= 0.3 is 0 Å². The van der Waals surface area contributed by atoms with Crippen molar-refractivity contribution in [1.29, 1.82) is 0 Å². The third-order valence-corrected chi connectivity index (χ3v) is 3.12. The highest BCUT2D eigenvalue weighted by Crippen LogP contribution is 2.16. The fraction of sp³-hybridized carbons (Fsp3) is 0.692. The number of rotatable bonds is 4. The number of aryl methyl sites for hydroxylation is 1. The van der Waals surface area contributed by atoms with Gasteiger partial charge in [-0.25, -0.2) is 0 Å². The summed E-state index contributed by atoms with van der Waals surface area (Å²) in [5.41, 5.74) is 1.61. The topological polar surface area (TPSA) is 58.4 Å². The maximum absolute atomic E-state index is 12.2. The van der Waals surface area contributed by atoms with Crippen molar-refractivity contribution < 1.29 is 9.90 Å². The number of carbonyl (C=O) groups is 1. The first-order valence-electron chi connectivity index (χ1n) is 6.55. The van der Waals surface area contributed by atoms with Crippen molar-refractivity contribution in [3.05, 3.63) is 17.5 Å². The molecule has 1 aromatic rings. The van der Waals surface area contributed by atoms with Crippen LogP contribution < -0.4 is 0 Å². The predicted molar refractivity (Wildman–Crippen MR) is 68.4 cm³/mol. The quantitative estimate of drug-likeness (QED) is 0.865. The minimum absolute atomic E-state index is 0.0235. The molecule has 100 valence electrons. The maximum Gasteiger partial charge on any atom is 0.272 e. The number of β-amino-alcohol motifs (C(OH)–C–C–N with tert-alkyl or cyclic N) is 1. The number of aromatic nitrogens is 2. The summed E-state index contributed by atoms with van der Waals surface area (Å²) in [5.74, 6) is 0.503. The van der Waals surface area contributed by atoms with Crippen LogP contribution in [0.5, 0.6) is 0 Å². The fourth-order valence-corrected chi connectivity index (χ4v) is 2.18. The van der Waals surface area contributed by atoms with E-state index >= 15 is 0 Å². The molecule has 5 heteroatoms. The largest absolute Gasteiger partial charge is 0.389 e. The molecule has 0 saturated carbocycles. The van der Waals surface area contributed by atoms with Crippen molar-refractivity contribution in [2.45, 2.75) is 39.8 Å². The molecule has 0 unspecified atom stereocenters. The predicted octanol–water partition coefficient (Wildman–Crippen LogP) is 0.918. The number of hydrogen-bond donors (Lipinski definition) is 1. The second-order valence-electron chi connectivity index (χ2n) is 5.30. The highest BCUT2D eigenvalue weighted by atomic mass is 16.3. The first-order chi connectivity index (χ1) is 8.51. The van der Waals surface area contributed by atoms with E-state index in [1.165, 1.54) is 0 Å². The molecule has 1 N–H and O–H groups in total. The Morgan fingerprint density at radius 3 is 2.72 bits per heavy atom. The smallest absolute Gasteiger partial charge is 0.272 e. The van der Waals surface area contributed by atoms with E-state index in [4.69, 9.17) is 0 Å². The zero-order valence-electron chi connectivity index (χ0n) is 11.3. The van der Waals surface area contributed by atoms with Crippen LogP contribution in [0.1, 0.15) is 37.0 Å². The van der Waals surface area contributed by atoms with Gasteiger partial charge in [-0.3, -0.25) is 9.48 Å². The molecule has 0 bridgehead atoms. The molecule has 0 spiro atoms. The summed E-state index contributed by atoms with van der Waals surface area (Å²) in [4.78, 5) is 13.9. The number of aliphatic hydroxyl groups excluding tert-OH is 1. The summed E-state index contributed by atoms with van der Waals surface area (Å²) in [5, 5.41) is 13.7. The Balaban J connectivity index is 2.15. The van der Waals surface area contributed by atoms with Crippen molar-refractivity contribution in [3.8, 4) is 0 Å². The molecule has 0 aliphatic carbocycles. The average Bonchev–Trinajstić information content (AvgIpc) is 2.66. The molecule has 0 atom stereocenters. The molecule has 2 heterocycles. The molecular weight excluding hydrogens is 230 g/mol. The summed E-state index contributed by atoms with van der Waals surface area (Å²) in [6.07, 6.45) is 0.526. The van der Waals surface area contributed by atoms with E-state index in [-0.39, 0.29) is 12.0 Å². The number of nitrogens with zero attached hydrogens (tertiary/aromatic N) is 3. The van der Waals surface area contributed by atoms with Gasteiger partial charge in [0.2, 0.25) is 0 Å². The zero-order valence-corrected chi connectivity index (χ0v) is 11.3. The van der Waals surface area contributed by atoms with Gasteiger partial charge in [0.15, 0.2) is 0 Å². The molecule has 1 aromatic heterocycles. The lowest BCUT2D eigenvalue weighted by Crippen LogP contribution is -2.53. The Bertz CT molecular complexity index is 433. The van der Waals surface area contributed by atoms with Crippen LogP contribution in [0, 0.1) is 5.92 Å². The third-order valence-electron chi connectivity index (χ3n) is 3.12. The molecule has 1 amide bonds. The lowest BCUT2D eigenvalue weighted by Gasteiger charge is -2.35. The molecule has 5 nitrogen and oxygen atoms in total. The van der Waals surface area contributed by atoms with E-state index in [0.717, 1.165) is 12.1 Å². The number of hydrogen-bond acceptors (Lipinski definition) is 3. The van der Waals surface area contributed by atoms with Gasteiger partial charge in [-0.2, -0.15) is 5.10 Å². The second-order valence-corrected chi connectivity index (χ2v) is 5.30. The lowest BCUT2D eigenvalue weighted by atomic mass is 10.1. The Morgan fingerprint density at radius 1 is 1.56 bits per heavy atom. The summed E-state index contributed by atoms with van der Waals surface area (Å²) >= 11 is 0. The maximum atomic E-state index is 12.2. The highest BCUT2D eigenvalue weighted by Gasteiger charge is 2.31. The summed E-state index contributed by atoms with van der Waals surface area (Å²) in [6, 6.07) is 1.89. The van der Waals surface area contributed by atoms with Gasteiger partial charge in [0, 0.05) is 19.6 Å². The first-order valence-corrected chi connectivity index (χ1v) is 6.55. The number of likely N-dealkylation sites (tertiary alicyclic amines) is 1. The van der Waals surface area contributed by atoms with E-state index in [2.05, 4.69) is 18.9 Å². The molecule has 1 fully saturated rings. The van der Waals surface area contributed by atoms with E-state index in [0.29, 0.717) is 31.2 Å². The SMILES string of the molecule is CCn1nc(CC(C)C)cc1C(=O)N1CC(O)C1. The van der Waals surface area contributed by atoms with Crippen LogP contribution >= 0.6 is 0 Å². The van der Waals surface area contributed by atoms with Crippen LogP contribution in [0.3, 0.4) is 0 Å². The Morgan fingerprint density at radius 2 is 2.22 bits per heavy atom. The molecule has 0 radical (unpaired) electrons. The van der Waals surface area contributed by atoms with Crippen LogP contribution in [-0.4, -0.2) is 44.9 Å². The minimum atomic E-state index is -0.359. The highest BCUT2D eigenvalue weighted by molar-refractivity contribution is 5.93. The van der Waals surface area contributed by atoms with Crippen LogP contribution in [0.25, 0.3) is 0 Å². The van der Waals surface area contributed by atoms with Crippen LogP contribution in [0.2, 0.25) is 0 Å². The standard InChI is InChI=1S/C13H21N3O2/c1-4-16-12(6-10(14-16)5-9(2)3)13(18)15-7-11(17)8-15/h6,9,11,17H,4-5,7-8H2,1-3H3. The fourth-order valence-electron chi connectivity index (χ4n) is 2.18. The van der Waals surface area contributed by atoms with E-state index in [9.17, 15) is 9.90 Å². The number of carbonyl (C=O) groups excluding carboxylic acids is 1. The molecular formula is C13H21N3O2. The summed E-state index contributed by atoms with van der Waals surface area (Å²) in [7, 11) is 0. The van der Waals surface area contributed by atoms with Gasteiger partial charge < -0.3 is 10.0 Å². The third kappa shape index (κ3) is 2.56. The van der Waals surface area contributed by atoms with Gasteiger partial charge in [0.25, 0.3) is 5.91 Å². The van der Waals surface area contributed by atoms with Crippen molar-refractivity contribution in [2.24, 2.45) is 5.92 Å². The Labute approximate surface area is 107 Å². The number of amides is 1. The molecule has 0 aromatic carbocycles. The minimum Gasteiger partial charge on any atom is -0.389 e. The van der Waals surface area contributed by atoms with Crippen molar-refractivity contribution >= 4 is 5.91 Å². The van der Waals surface area contributed by atoms with Crippen LogP contribution in [0.4, 0.5) is 0 Å². The Kier molecular flexibility index (Phi) is 3.71. The molecule has 18 heavy (non-hydrogen) atoms. The van der Waals surface area contributed by atoms with Gasteiger partial charge in [-0.05, 0) is 25.3 Å². The van der Waals surface area contributed by atoms with Crippen molar-refractivity contribution in [2.75, 3.05) is 13.1 Å². The summed E-state index contributed by atoms with van der Waals surface area (Å²) < 4.78 is 1.75.